The summed E-state index contributed by atoms with van der Waals surface area (Å²) >= 11 is 6.29. The monoisotopic (exact) mass is 503 g/mol. The zero-order valence-corrected chi connectivity index (χ0v) is 19.7. The van der Waals surface area contributed by atoms with Gasteiger partial charge in [0.15, 0.2) is 0 Å². The molecule has 1 aliphatic carbocycles. The Morgan fingerprint density at radius 3 is 2.31 bits per heavy atom. The van der Waals surface area contributed by atoms with E-state index in [2.05, 4.69) is 5.32 Å². The zero-order valence-electron chi connectivity index (χ0n) is 19.0. The van der Waals surface area contributed by atoms with Gasteiger partial charge in [-0.25, -0.2) is 0 Å². The van der Waals surface area contributed by atoms with Gasteiger partial charge in [-0.05, 0) is 58.7 Å². The number of carboxylic acids is 1. The Bertz CT molecular complexity index is 1260. The van der Waals surface area contributed by atoms with Crippen molar-refractivity contribution < 1.29 is 27.9 Å². The third kappa shape index (κ3) is 5.78. The highest BCUT2D eigenvalue weighted by Gasteiger charge is 2.45. The molecule has 0 aromatic heterocycles. The summed E-state index contributed by atoms with van der Waals surface area (Å²) in [7, 11) is 0. The molecule has 0 spiro atoms. The van der Waals surface area contributed by atoms with Gasteiger partial charge in [-0.3, -0.25) is 9.59 Å². The van der Waals surface area contributed by atoms with Crippen molar-refractivity contribution in [3.63, 3.8) is 0 Å². The molecular formula is C27H25ClF3NO3. The van der Waals surface area contributed by atoms with Gasteiger partial charge in [0.1, 0.15) is 0 Å². The first-order valence-electron chi connectivity index (χ1n) is 11.4. The van der Waals surface area contributed by atoms with E-state index >= 15 is 0 Å². The van der Waals surface area contributed by atoms with Crippen molar-refractivity contribution in [2.24, 2.45) is 11.8 Å². The number of carboxylic acid groups (broad SMARTS) is 1. The molecule has 8 heteroatoms. The van der Waals surface area contributed by atoms with Crippen molar-refractivity contribution in [2.45, 2.75) is 44.2 Å². The summed E-state index contributed by atoms with van der Waals surface area (Å²) in [4.78, 5) is 24.7. The molecule has 0 bridgehead atoms. The SMILES string of the molecule is C[C@H]([C@H](C(=O)Nc1cc([C@@H](CC(=O)O)C2CC2)ccc1Cl)c1ccc2ccccc2c1)C(F)(F)F. The third-order valence-corrected chi connectivity index (χ3v) is 7.02. The van der Waals surface area contributed by atoms with Gasteiger partial charge in [0.25, 0.3) is 0 Å². The van der Waals surface area contributed by atoms with Crippen molar-refractivity contribution in [1.29, 1.82) is 0 Å². The topological polar surface area (TPSA) is 66.4 Å². The molecule has 35 heavy (non-hydrogen) atoms. The number of rotatable bonds is 8. The van der Waals surface area contributed by atoms with E-state index in [-0.39, 0.29) is 34.5 Å². The number of hydrogen-bond donors (Lipinski definition) is 2. The molecule has 1 aliphatic rings. The van der Waals surface area contributed by atoms with Crippen LogP contribution < -0.4 is 5.32 Å². The van der Waals surface area contributed by atoms with Gasteiger partial charge in [-0.15, -0.1) is 0 Å². The van der Waals surface area contributed by atoms with Gasteiger partial charge in [0, 0.05) is 0 Å². The maximum Gasteiger partial charge on any atom is 0.392 e. The Kier molecular flexibility index (Phi) is 7.08. The minimum absolute atomic E-state index is 0.0650. The zero-order chi connectivity index (χ0) is 25.3. The number of halogens is 4. The van der Waals surface area contributed by atoms with E-state index in [9.17, 15) is 27.9 Å². The van der Waals surface area contributed by atoms with E-state index < -0.39 is 29.9 Å². The lowest BCUT2D eigenvalue weighted by molar-refractivity contribution is -0.178. The van der Waals surface area contributed by atoms with Gasteiger partial charge in [0.05, 0.1) is 29.0 Å². The molecule has 2 N–H and O–H groups in total. The van der Waals surface area contributed by atoms with E-state index in [1.165, 1.54) is 0 Å². The number of carbonyl (C=O) groups is 2. The van der Waals surface area contributed by atoms with Gasteiger partial charge in [0.2, 0.25) is 5.91 Å². The summed E-state index contributed by atoms with van der Waals surface area (Å²) in [6, 6.07) is 16.9. The highest BCUT2D eigenvalue weighted by molar-refractivity contribution is 6.33. The first-order valence-corrected chi connectivity index (χ1v) is 11.8. The Balaban J connectivity index is 1.68. The first-order chi connectivity index (χ1) is 16.5. The predicted octanol–water partition coefficient (Wildman–Crippen LogP) is 7.38. The molecule has 0 unspecified atom stereocenters. The predicted molar refractivity (Wildman–Crippen MR) is 130 cm³/mol. The molecule has 0 saturated heterocycles. The lowest BCUT2D eigenvalue weighted by Crippen LogP contribution is -2.34. The second-order valence-electron chi connectivity index (χ2n) is 9.18. The van der Waals surface area contributed by atoms with Gasteiger partial charge >= 0.3 is 12.1 Å². The van der Waals surface area contributed by atoms with E-state index in [1.54, 1.807) is 48.5 Å². The lowest BCUT2D eigenvalue weighted by Gasteiger charge is -2.26. The highest BCUT2D eigenvalue weighted by Crippen LogP contribution is 2.46. The quantitative estimate of drug-likeness (QED) is 0.337. The molecule has 4 nitrogen and oxygen atoms in total. The van der Waals surface area contributed by atoms with Crippen LogP contribution in [0.1, 0.15) is 49.1 Å². The van der Waals surface area contributed by atoms with E-state index in [0.717, 1.165) is 30.5 Å². The summed E-state index contributed by atoms with van der Waals surface area (Å²) in [5.74, 6) is -5.23. The van der Waals surface area contributed by atoms with Gasteiger partial charge < -0.3 is 10.4 Å². The number of anilines is 1. The van der Waals surface area contributed by atoms with Crippen LogP contribution in [0.2, 0.25) is 5.02 Å². The molecule has 0 aliphatic heterocycles. The van der Waals surface area contributed by atoms with Crippen LogP contribution in [0.25, 0.3) is 10.8 Å². The Morgan fingerprint density at radius 2 is 1.69 bits per heavy atom. The van der Waals surface area contributed by atoms with Crippen molar-refractivity contribution >= 4 is 39.9 Å². The molecule has 4 rings (SSSR count). The summed E-state index contributed by atoms with van der Waals surface area (Å²) in [5.41, 5.74) is 1.12. The molecule has 3 aromatic carbocycles. The van der Waals surface area contributed by atoms with Crippen molar-refractivity contribution in [1.82, 2.24) is 0 Å². The minimum Gasteiger partial charge on any atom is -0.481 e. The minimum atomic E-state index is -4.60. The molecule has 3 atom stereocenters. The number of nitrogens with one attached hydrogen (secondary N) is 1. The van der Waals surface area contributed by atoms with Gasteiger partial charge in [-0.2, -0.15) is 13.2 Å². The molecule has 184 valence electrons. The van der Waals surface area contributed by atoms with E-state index in [0.29, 0.717) is 5.56 Å². The van der Waals surface area contributed by atoms with Crippen molar-refractivity contribution in [3.8, 4) is 0 Å². The number of hydrogen-bond acceptors (Lipinski definition) is 2. The van der Waals surface area contributed by atoms with E-state index in [1.807, 2.05) is 12.1 Å². The van der Waals surface area contributed by atoms with Crippen LogP contribution in [0.4, 0.5) is 18.9 Å². The van der Waals surface area contributed by atoms with Gasteiger partial charge in [-0.1, -0.05) is 67.1 Å². The largest absolute Gasteiger partial charge is 0.481 e. The number of benzene rings is 3. The number of alkyl halides is 3. The Morgan fingerprint density at radius 1 is 1.03 bits per heavy atom. The molecular weight excluding hydrogens is 479 g/mol. The fourth-order valence-corrected chi connectivity index (χ4v) is 4.75. The number of amides is 1. The number of fused-ring (bicyclic) bond motifs is 1. The molecule has 1 amide bonds. The van der Waals surface area contributed by atoms with Crippen LogP contribution in [-0.2, 0) is 9.59 Å². The van der Waals surface area contributed by atoms with Crippen LogP contribution >= 0.6 is 11.6 Å². The third-order valence-electron chi connectivity index (χ3n) is 6.69. The number of aliphatic carboxylic acids is 1. The van der Waals surface area contributed by atoms with Crippen LogP contribution in [0.5, 0.6) is 0 Å². The maximum absolute atomic E-state index is 13.8. The fourth-order valence-electron chi connectivity index (χ4n) is 4.58. The normalized spacial score (nSPS) is 16.5. The molecule has 0 heterocycles. The molecule has 1 saturated carbocycles. The van der Waals surface area contributed by atoms with Crippen LogP contribution in [0.3, 0.4) is 0 Å². The maximum atomic E-state index is 13.8. The van der Waals surface area contributed by atoms with Crippen LogP contribution in [0.15, 0.2) is 60.7 Å². The van der Waals surface area contributed by atoms with Crippen molar-refractivity contribution in [2.75, 3.05) is 5.32 Å². The summed E-state index contributed by atoms with van der Waals surface area (Å²) in [6.07, 6.45) is -2.84. The second-order valence-corrected chi connectivity index (χ2v) is 9.59. The van der Waals surface area contributed by atoms with E-state index in [4.69, 9.17) is 11.6 Å². The number of carbonyl (C=O) groups excluding carboxylic acids is 1. The lowest BCUT2D eigenvalue weighted by atomic mass is 9.84. The smallest absolute Gasteiger partial charge is 0.392 e. The molecule has 3 aromatic rings. The molecule has 1 fully saturated rings. The first kappa shape index (κ1) is 25.0. The highest BCUT2D eigenvalue weighted by atomic mass is 35.5. The van der Waals surface area contributed by atoms with Crippen molar-refractivity contribution in [3.05, 3.63) is 76.8 Å². The molecule has 0 radical (unpaired) electrons. The average Bonchev–Trinajstić information content (AvgIpc) is 3.64. The fraction of sp³-hybridized carbons (Fsp3) is 0.333. The Hall–Kier alpha value is -3.06. The summed E-state index contributed by atoms with van der Waals surface area (Å²) < 4.78 is 41.4. The summed E-state index contributed by atoms with van der Waals surface area (Å²) in [5, 5.41) is 13.7. The summed E-state index contributed by atoms with van der Waals surface area (Å²) in [6.45, 7) is 0.994. The van der Waals surface area contributed by atoms with Crippen LogP contribution in [0, 0.1) is 11.8 Å². The standard InChI is InChI=1S/C27H25ClF3NO3/c1-15(27(29,30)31)25(20-9-6-16-4-2-3-5-18(16)12-20)26(35)32-23-13-19(10-11-22(23)28)21(14-24(33)34)17-7-8-17/h2-6,9-13,15,17,21,25H,7-8,14H2,1H3,(H,32,35)(H,33,34)/t15-,21+,25+/m1/s1. The second kappa shape index (κ2) is 9.90. The van der Waals surface area contributed by atoms with Crippen LogP contribution in [-0.4, -0.2) is 23.2 Å². The Labute approximate surface area is 206 Å². The average molecular weight is 504 g/mol.